The highest BCUT2D eigenvalue weighted by Crippen LogP contribution is 2.22. The van der Waals surface area contributed by atoms with Crippen LogP contribution in [-0.4, -0.2) is 18.0 Å². The molecular formula is C14H19N3O2S. The van der Waals surface area contributed by atoms with Gasteiger partial charge in [-0.15, -0.1) is 0 Å². The van der Waals surface area contributed by atoms with Gasteiger partial charge in [-0.1, -0.05) is 45.0 Å². The van der Waals surface area contributed by atoms with Gasteiger partial charge in [-0.05, 0) is 16.5 Å². The molecule has 0 atom stereocenters. The number of imidazole rings is 1. The van der Waals surface area contributed by atoms with Gasteiger partial charge in [0.15, 0.2) is 5.03 Å². The maximum absolute atomic E-state index is 11.2. The van der Waals surface area contributed by atoms with Crippen LogP contribution in [0.3, 0.4) is 0 Å². The third kappa shape index (κ3) is 3.46. The summed E-state index contributed by atoms with van der Waals surface area (Å²) in [5, 5.41) is 4.92. The van der Waals surface area contributed by atoms with Crippen molar-refractivity contribution < 1.29 is 8.42 Å². The molecule has 0 spiro atoms. The SMILES string of the molecule is CC(C)(C)c1ccc(Cn2cnc(S(N)(=O)=O)c2)cc1. The first-order chi connectivity index (χ1) is 9.16. The van der Waals surface area contributed by atoms with Crippen molar-refractivity contribution in [1.29, 1.82) is 0 Å². The zero-order chi connectivity index (χ0) is 15.0. The van der Waals surface area contributed by atoms with Gasteiger partial charge in [-0.2, -0.15) is 0 Å². The quantitative estimate of drug-likeness (QED) is 0.938. The number of benzene rings is 1. The molecule has 1 heterocycles. The van der Waals surface area contributed by atoms with Crippen molar-refractivity contribution in [3.63, 3.8) is 0 Å². The molecule has 0 fully saturated rings. The van der Waals surface area contributed by atoms with Gasteiger partial charge in [0.05, 0.1) is 6.33 Å². The molecule has 2 N–H and O–H groups in total. The molecule has 1 aromatic heterocycles. The van der Waals surface area contributed by atoms with E-state index < -0.39 is 10.0 Å². The molecule has 6 heteroatoms. The summed E-state index contributed by atoms with van der Waals surface area (Å²) in [6.45, 7) is 7.05. The Kier molecular flexibility index (Phi) is 3.71. The fraction of sp³-hybridized carbons (Fsp3) is 0.357. The monoisotopic (exact) mass is 293 g/mol. The topological polar surface area (TPSA) is 78.0 Å². The summed E-state index contributed by atoms with van der Waals surface area (Å²) in [5.41, 5.74) is 2.46. The molecule has 5 nitrogen and oxygen atoms in total. The van der Waals surface area contributed by atoms with Gasteiger partial charge in [0, 0.05) is 12.7 Å². The van der Waals surface area contributed by atoms with E-state index in [1.807, 2.05) is 12.1 Å². The summed E-state index contributed by atoms with van der Waals surface area (Å²) in [5.74, 6) is 0. The summed E-state index contributed by atoms with van der Waals surface area (Å²) in [6.07, 6.45) is 2.91. The van der Waals surface area contributed by atoms with Crippen LogP contribution in [0.5, 0.6) is 0 Å². The fourth-order valence-corrected chi connectivity index (χ4v) is 2.37. The van der Waals surface area contributed by atoms with E-state index in [1.54, 1.807) is 4.57 Å². The summed E-state index contributed by atoms with van der Waals surface area (Å²) < 4.78 is 24.0. The lowest BCUT2D eigenvalue weighted by molar-refractivity contribution is 0.589. The van der Waals surface area contributed by atoms with Crippen molar-refractivity contribution in [2.75, 3.05) is 0 Å². The van der Waals surface area contributed by atoms with Crippen LogP contribution in [0, 0.1) is 0 Å². The maximum Gasteiger partial charge on any atom is 0.257 e. The normalized spacial score (nSPS) is 12.6. The number of hydrogen-bond donors (Lipinski definition) is 1. The van der Waals surface area contributed by atoms with Crippen LogP contribution < -0.4 is 5.14 Å². The molecule has 0 unspecified atom stereocenters. The van der Waals surface area contributed by atoms with E-state index in [-0.39, 0.29) is 10.4 Å². The molecule has 0 saturated heterocycles. The zero-order valence-corrected chi connectivity index (χ0v) is 12.7. The van der Waals surface area contributed by atoms with E-state index in [1.165, 1.54) is 18.1 Å². The maximum atomic E-state index is 11.2. The number of primary sulfonamides is 1. The Bertz CT molecular complexity index is 695. The van der Waals surface area contributed by atoms with Crippen LogP contribution >= 0.6 is 0 Å². The van der Waals surface area contributed by atoms with Gasteiger partial charge in [0.1, 0.15) is 0 Å². The van der Waals surface area contributed by atoms with Gasteiger partial charge in [0.2, 0.25) is 0 Å². The Morgan fingerprint density at radius 1 is 1.20 bits per heavy atom. The van der Waals surface area contributed by atoms with E-state index in [0.29, 0.717) is 6.54 Å². The number of nitrogens with two attached hydrogens (primary N) is 1. The van der Waals surface area contributed by atoms with Crippen molar-refractivity contribution in [2.24, 2.45) is 5.14 Å². The second kappa shape index (κ2) is 5.03. The minimum absolute atomic E-state index is 0.108. The Balaban J connectivity index is 2.17. The van der Waals surface area contributed by atoms with Crippen molar-refractivity contribution in [2.45, 2.75) is 37.8 Å². The Morgan fingerprint density at radius 2 is 1.80 bits per heavy atom. The molecule has 2 aromatic rings. The van der Waals surface area contributed by atoms with Crippen LogP contribution in [-0.2, 0) is 22.0 Å². The number of sulfonamides is 1. The molecule has 20 heavy (non-hydrogen) atoms. The molecule has 0 amide bonds. The van der Waals surface area contributed by atoms with E-state index in [0.717, 1.165) is 5.56 Å². The minimum atomic E-state index is -3.73. The third-order valence-corrected chi connectivity index (χ3v) is 3.88. The van der Waals surface area contributed by atoms with Crippen molar-refractivity contribution in [3.05, 3.63) is 47.9 Å². The summed E-state index contributed by atoms with van der Waals surface area (Å²) >= 11 is 0. The molecule has 0 saturated carbocycles. The fourth-order valence-electron chi connectivity index (χ4n) is 1.89. The molecule has 0 aliphatic carbocycles. The number of rotatable bonds is 3. The highest BCUT2D eigenvalue weighted by molar-refractivity contribution is 7.89. The van der Waals surface area contributed by atoms with Gasteiger partial charge in [-0.25, -0.2) is 18.5 Å². The second-order valence-corrected chi connectivity index (χ2v) is 7.38. The third-order valence-electron chi connectivity index (χ3n) is 3.09. The lowest BCUT2D eigenvalue weighted by Gasteiger charge is -2.19. The second-order valence-electron chi connectivity index (χ2n) is 5.88. The summed E-state index contributed by atoms with van der Waals surface area (Å²) in [4.78, 5) is 3.79. The van der Waals surface area contributed by atoms with E-state index >= 15 is 0 Å². The summed E-state index contributed by atoms with van der Waals surface area (Å²) in [7, 11) is -3.73. The molecule has 0 aliphatic heterocycles. The van der Waals surface area contributed by atoms with E-state index in [9.17, 15) is 8.42 Å². The van der Waals surface area contributed by atoms with Gasteiger partial charge < -0.3 is 4.57 Å². The average molecular weight is 293 g/mol. The average Bonchev–Trinajstić information content (AvgIpc) is 2.77. The van der Waals surface area contributed by atoms with Crippen molar-refractivity contribution in [3.8, 4) is 0 Å². The first-order valence-corrected chi connectivity index (χ1v) is 7.85. The van der Waals surface area contributed by atoms with Gasteiger partial charge in [0.25, 0.3) is 10.0 Å². The molecular weight excluding hydrogens is 274 g/mol. The number of hydrogen-bond acceptors (Lipinski definition) is 3. The largest absolute Gasteiger partial charge is 0.332 e. The lowest BCUT2D eigenvalue weighted by atomic mass is 9.87. The van der Waals surface area contributed by atoms with E-state index in [4.69, 9.17) is 5.14 Å². The van der Waals surface area contributed by atoms with Gasteiger partial charge in [-0.3, -0.25) is 0 Å². The van der Waals surface area contributed by atoms with Crippen molar-refractivity contribution in [1.82, 2.24) is 9.55 Å². The molecule has 0 bridgehead atoms. The zero-order valence-electron chi connectivity index (χ0n) is 11.9. The van der Waals surface area contributed by atoms with Crippen LogP contribution in [0.25, 0.3) is 0 Å². The van der Waals surface area contributed by atoms with Gasteiger partial charge >= 0.3 is 0 Å². The van der Waals surface area contributed by atoms with Crippen LogP contribution in [0.4, 0.5) is 0 Å². The highest BCUT2D eigenvalue weighted by atomic mass is 32.2. The molecule has 0 aliphatic rings. The summed E-state index contributed by atoms with van der Waals surface area (Å²) in [6, 6.07) is 8.26. The molecule has 0 radical (unpaired) electrons. The highest BCUT2D eigenvalue weighted by Gasteiger charge is 2.13. The Labute approximate surface area is 119 Å². The molecule has 1 aromatic carbocycles. The smallest absolute Gasteiger partial charge is 0.257 e. The van der Waals surface area contributed by atoms with E-state index in [2.05, 4.69) is 37.9 Å². The van der Waals surface area contributed by atoms with Crippen LogP contribution in [0.1, 0.15) is 31.9 Å². The number of aromatic nitrogens is 2. The first kappa shape index (κ1) is 14.7. The van der Waals surface area contributed by atoms with Crippen molar-refractivity contribution >= 4 is 10.0 Å². The lowest BCUT2D eigenvalue weighted by Crippen LogP contribution is -2.12. The standard InChI is InChI=1S/C14H19N3O2S/c1-14(2,3)12-6-4-11(5-7-12)8-17-9-13(16-10-17)20(15,18)19/h4-7,9-10H,8H2,1-3H3,(H2,15,18,19). The predicted octanol–water partition coefficient (Wildman–Crippen LogP) is 1.88. The van der Waals surface area contributed by atoms with Crippen LogP contribution in [0.2, 0.25) is 0 Å². The Hall–Kier alpha value is -1.66. The number of nitrogens with zero attached hydrogens (tertiary/aromatic N) is 2. The minimum Gasteiger partial charge on any atom is -0.332 e. The Morgan fingerprint density at radius 3 is 2.25 bits per heavy atom. The first-order valence-electron chi connectivity index (χ1n) is 6.30. The molecule has 108 valence electrons. The molecule has 2 rings (SSSR count). The predicted molar refractivity (Wildman–Crippen MR) is 77.8 cm³/mol. The van der Waals surface area contributed by atoms with Crippen LogP contribution in [0.15, 0.2) is 41.8 Å².